The lowest BCUT2D eigenvalue weighted by atomic mass is 10.0. The van der Waals surface area contributed by atoms with E-state index < -0.39 is 17.9 Å². The molecule has 0 radical (unpaired) electrons. The number of rotatable bonds is 7. The van der Waals surface area contributed by atoms with Crippen molar-refractivity contribution in [1.29, 1.82) is 0 Å². The molecule has 0 spiro atoms. The van der Waals surface area contributed by atoms with Gasteiger partial charge in [-0.15, -0.1) is 0 Å². The van der Waals surface area contributed by atoms with Crippen LogP contribution in [0.25, 0.3) is 0 Å². The second-order valence-electron chi connectivity index (χ2n) is 4.78. The van der Waals surface area contributed by atoms with Gasteiger partial charge in [0, 0.05) is 12.3 Å². The van der Waals surface area contributed by atoms with Crippen LogP contribution >= 0.6 is 0 Å². The van der Waals surface area contributed by atoms with Gasteiger partial charge < -0.3 is 14.2 Å². The van der Waals surface area contributed by atoms with Crippen LogP contribution < -0.4 is 4.74 Å². The molecule has 6 nitrogen and oxygen atoms in total. The third-order valence-electron chi connectivity index (χ3n) is 3.10. The summed E-state index contributed by atoms with van der Waals surface area (Å²) in [7, 11) is 0. The number of hydrogen-bond donors (Lipinski definition) is 0. The van der Waals surface area contributed by atoms with Gasteiger partial charge in [0.2, 0.25) is 5.88 Å². The number of hydrogen-bond acceptors (Lipinski definition) is 6. The summed E-state index contributed by atoms with van der Waals surface area (Å²) >= 11 is 0. The molecule has 6 heteroatoms. The summed E-state index contributed by atoms with van der Waals surface area (Å²) in [5, 5.41) is 0. The maximum Gasteiger partial charge on any atom is 0.324 e. The van der Waals surface area contributed by atoms with Crippen LogP contribution in [0.2, 0.25) is 0 Å². The highest BCUT2D eigenvalue weighted by molar-refractivity contribution is 6.00. The van der Waals surface area contributed by atoms with Gasteiger partial charge in [-0.1, -0.05) is 24.3 Å². The molecular weight excluding hydrogens is 310 g/mol. The fourth-order valence-corrected chi connectivity index (χ4v) is 2.05. The first-order chi connectivity index (χ1) is 11.7. The largest absolute Gasteiger partial charge is 0.465 e. The molecule has 2 aromatic rings. The molecule has 126 valence electrons. The Morgan fingerprint density at radius 3 is 2.08 bits per heavy atom. The summed E-state index contributed by atoms with van der Waals surface area (Å²) in [4.78, 5) is 28.2. The first kappa shape index (κ1) is 17.5. The molecule has 1 aromatic heterocycles. The van der Waals surface area contributed by atoms with Crippen molar-refractivity contribution in [3.05, 3.63) is 54.2 Å². The average Bonchev–Trinajstić information content (AvgIpc) is 2.58. The van der Waals surface area contributed by atoms with Gasteiger partial charge >= 0.3 is 11.9 Å². The molecule has 0 aliphatic rings. The molecule has 0 saturated carbocycles. The summed E-state index contributed by atoms with van der Waals surface area (Å²) in [6.07, 6.45) is 1.41. The van der Waals surface area contributed by atoms with Crippen LogP contribution in [-0.4, -0.2) is 30.1 Å². The number of pyridine rings is 1. The maximum absolute atomic E-state index is 12.1. The SMILES string of the molecule is CCOC(=O)C(C(=O)OCC)c1ccc(Oc2ccccc2)nc1. The van der Waals surface area contributed by atoms with Crippen molar-refractivity contribution in [1.82, 2.24) is 4.98 Å². The lowest BCUT2D eigenvalue weighted by Gasteiger charge is -2.14. The van der Waals surface area contributed by atoms with Crippen molar-refractivity contribution in [3.63, 3.8) is 0 Å². The lowest BCUT2D eigenvalue weighted by molar-refractivity contribution is -0.156. The van der Waals surface area contributed by atoms with Crippen molar-refractivity contribution >= 4 is 11.9 Å². The minimum absolute atomic E-state index is 0.178. The fraction of sp³-hybridized carbons (Fsp3) is 0.278. The van der Waals surface area contributed by atoms with Crippen LogP contribution in [-0.2, 0) is 19.1 Å². The standard InChI is InChI=1S/C18H19NO5/c1-3-22-17(20)16(18(21)23-4-2)13-10-11-15(19-12-13)24-14-8-6-5-7-9-14/h5-12,16H,3-4H2,1-2H3. The van der Waals surface area contributed by atoms with Crippen molar-refractivity contribution in [2.75, 3.05) is 13.2 Å². The summed E-state index contributed by atoms with van der Waals surface area (Å²) in [5.74, 6) is -1.46. The molecule has 0 saturated heterocycles. The molecule has 0 atom stereocenters. The molecule has 0 bridgehead atoms. The van der Waals surface area contributed by atoms with E-state index in [1.807, 2.05) is 18.2 Å². The number of carbonyl (C=O) groups is 2. The molecule has 0 aliphatic carbocycles. The summed E-state index contributed by atoms with van der Waals surface area (Å²) < 4.78 is 15.5. The van der Waals surface area contributed by atoms with Crippen LogP contribution in [0.15, 0.2) is 48.7 Å². The topological polar surface area (TPSA) is 74.7 Å². The van der Waals surface area contributed by atoms with Crippen LogP contribution in [0.4, 0.5) is 0 Å². The van der Waals surface area contributed by atoms with E-state index in [0.717, 1.165) is 0 Å². The third kappa shape index (κ3) is 4.55. The predicted octanol–water partition coefficient (Wildman–Crippen LogP) is 3.08. The number of benzene rings is 1. The smallest absolute Gasteiger partial charge is 0.324 e. The van der Waals surface area contributed by atoms with Crippen molar-refractivity contribution in [2.24, 2.45) is 0 Å². The Bertz CT molecular complexity index is 652. The highest BCUT2D eigenvalue weighted by atomic mass is 16.6. The lowest BCUT2D eigenvalue weighted by Crippen LogP contribution is -2.26. The molecule has 0 fully saturated rings. The molecule has 1 heterocycles. The predicted molar refractivity (Wildman–Crippen MR) is 86.8 cm³/mol. The quantitative estimate of drug-likeness (QED) is 0.574. The molecule has 0 amide bonds. The molecule has 1 aromatic carbocycles. The van der Waals surface area contributed by atoms with E-state index in [9.17, 15) is 9.59 Å². The normalized spacial score (nSPS) is 10.3. The average molecular weight is 329 g/mol. The van der Waals surface area contributed by atoms with E-state index in [-0.39, 0.29) is 13.2 Å². The van der Waals surface area contributed by atoms with Crippen LogP contribution in [0, 0.1) is 0 Å². The van der Waals surface area contributed by atoms with Gasteiger partial charge in [0.05, 0.1) is 13.2 Å². The summed E-state index contributed by atoms with van der Waals surface area (Å²) in [5.41, 5.74) is 0.396. The Morgan fingerprint density at radius 2 is 1.58 bits per heavy atom. The van der Waals surface area contributed by atoms with Crippen molar-refractivity contribution < 1.29 is 23.8 Å². The fourth-order valence-electron chi connectivity index (χ4n) is 2.05. The first-order valence-corrected chi connectivity index (χ1v) is 7.67. The molecular formula is C18H19NO5. The zero-order valence-corrected chi connectivity index (χ0v) is 13.6. The van der Waals surface area contributed by atoms with Crippen LogP contribution in [0.5, 0.6) is 11.6 Å². The molecule has 0 N–H and O–H groups in total. The van der Waals surface area contributed by atoms with Gasteiger partial charge in [-0.25, -0.2) is 4.98 Å². The Balaban J connectivity index is 2.18. The number of aromatic nitrogens is 1. The van der Waals surface area contributed by atoms with E-state index in [1.54, 1.807) is 38.1 Å². The second-order valence-corrected chi connectivity index (χ2v) is 4.78. The Hall–Kier alpha value is -2.89. The molecule has 2 rings (SSSR count). The minimum atomic E-state index is -1.15. The number of nitrogens with zero attached hydrogens (tertiary/aromatic N) is 1. The maximum atomic E-state index is 12.1. The van der Waals surface area contributed by atoms with Gasteiger partial charge in [-0.3, -0.25) is 9.59 Å². The summed E-state index contributed by atoms with van der Waals surface area (Å²) in [6.45, 7) is 3.71. The minimum Gasteiger partial charge on any atom is -0.465 e. The van der Waals surface area contributed by atoms with E-state index in [4.69, 9.17) is 14.2 Å². The van der Waals surface area contributed by atoms with E-state index in [0.29, 0.717) is 17.2 Å². The van der Waals surface area contributed by atoms with E-state index in [2.05, 4.69) is 4.98 Å². The van der Waals surface area contributed by atoms with Gasteiger partial charge in [-0.2, -0.15) is 0 Å². The number of ether oxygens (including phenoxy) is 3. The van der Waals surface area contributed by atoms with E-state index >= 15 is 0 Å². The van der Waals surface area contributed by atoms with Gasteiger partial charge in [-0.05, 0) is 31.5 Å². The zero-order chi connectivity index (χ0) is 17.4. The molecule has 0 unspecified atom stereocenters. The van der Waals surface area contributed by atoms with Crippen molar-refractivity contribution in [3.8, 4) is 11.6 Å². The highest BCUT2D eigenvalue weighted by Crippen LogP contribution is 2.23. The highest BCUT2D eigenvalue weighted by Gasteiger charge is 2.31. The van der Waals surface area contributed by atoms with E-state index in [1.165, 1.54) is 6.20 Å². The molecule has 24 heavy (non-hydrogen) atoms. The van der Waals surface area contributed by atoms with Gasteiger partial charge in [0.1, 0.15) is 5.75 Å². The Labute approximate surface area is 140 Å². The number of esters is 2. The Morgan fingerprint density at radius 1 is 0.958 bits per heavy atom. The first-order valence-electron chi connectivity index (χ1n) is 7.67. The monoisotopic (exact) mass is 329 g/mol. The zero-order valence-electron chi connectivity index (χ0n) is 13.6. The third-order valence-corrected chi connectivity index (χ3v) is 3.10. The Kier molecular flexibility index (Phi) is 6.31. The van der Waals surface area contributed by atoms with Gasteiger partial charge in [0.25, 0.3) is 0 Å². The van der Waals surface area contributed by atoms with Crippen LogP contribution in [0.1, 0.15) is 25.3 Å². The second kappa shape index (κ2) is 8.67. The number of carbonyl (C=O) groups excluding carboxylic acids is 2. The number of para-hydroxylation sites is 1. The van der Waals surface area contributed by atoms with Crippen LogP contribution in [0.3, 0.4) is 0 Å². The van der Waals surface area contributed by atoms with Crippen molar-refractivity contribution in [2.45, 2.75) is 19.8 Å². The summed E-state index contributed by atoms with van der Waals surface area (Å²) in [6, 6.07) is 12.4. The van der Waals surface area contributed by atoms with Gasteiger partial charge in [0.15, 0.2) is 5.92 Å². The molecule has 0 aliphatic heterocycles.